The first-order valence-corrected chi connectivity index (χ1v) is 5.33. The molecule has 0 aromatic heterocycles. The van der Waals surface area contributed by atoms with Gasteiger partial charge < -0.3 is 10.1 Å². The zero-order chi connectivity index (χ0) is 13.8. The molecule has 0 aliphatic carbocycles. The Morgan fingerprint density at radius 1 is 1.44 bits per heavy atom. The van der Waals surface area contributed by atoms with E-state index in [1.165, 1.54) is 14.0 Å². The highest BCUT2D eigenvalue weighted by Gasteiger charge is 2.39. The zero-order valence-electron chi connectivity index (χ0n) is 10.0. The number of nitrogens with one attached hydrogen (secondary N) is 1. The Morgan fingerprint density at radius 2 is 2.11 bits per heavy atom. The van der Waals surface area contributed by atoms with Crippen molar-refractivity contribution < 1.29 is 22.7 Å². The van der Waals surface area contributed by atoms with Gasteiger partial charge in [-0.3, -0.25) is 4.79 Å². The molecule has 1 aromatic carbocycles. The average molecular weight is 261 g/mol. The van der Waals surface area contributed by atoms with E-state index in [1.807, 2.05) is 5.32 Å². The van der Waals surface area contributed by atoms with E-state index in [0.29, 0.717) is 12.2 Å². The van der Waals surface area contributed by atoms with Gasteiger partial charge in [0.15, 0.2) is 0 Å². The van der Waals surface area contributed by atoms with Crippen LogP contribution in [0.3, 0.4) is 0 Å². The largest absolute Gasteiger partial charge is 0.497 e. The molecule has 3 nitrogen and oxygen atoms in total. The van der Waals surface area contributed by atoms with Crippen LogP contribution in [0.4, 0.5) is 13.2 Å². The predicted octanol–water partition coefficient (Wildman–Crippen LogP) is 2.30. The fraction of sp³-hybridized carbons (Fsp3) is 0.417. The summed E-state index contributed by atoms with van der Waals surface area (Å²) in [6.45, 7) is 1.52. The van der Waals surface area contributed by atoms with Crippen LogP contribution in [0.25, 0.3) is 0 Å². The topological polar surface area (TPSA) is 38.3 Å². The van der Waals surface area contributed by atoms with E-state index in [0.717, 1.165) is 5.56 Å². The summed E-state index contributed by atoms with van der Waals surface area (Å²) in [5, 5.41) is 1.90. The second-order valence-corrected chi connectivity index (χ2v) is 3.93. The lowest BCUT2D eigenvalue weighted by Gasteiger charge is -2.15. The van der Waals surface area contributed by atoms with E-state index in [4.69, 9.17) is 4.74 Å². The molecule has 1 aromatic rings. The molecule has 1 rings (SSSR count). The number of methoxy groups -OCH3 is 1. The van der Waals surface area contributed by atoms with Crippen LogP contribution in [-0.4, -0.2) is 25.2 Å². The minimum absolute atomic E-state index is 0.305. The van der Waals surface area contributed by atoms with Gasteiger partial charge in [-0.05, 0) is 31.0 Å². The number of benzene rings is 1. The van der Waals surface area contributed by atoms with Crippen molar-refractivity contribution in [3.63, 3.8) is 0 Å². The summed E-state index contributed by atoms with van der Waals surface area (Å²) < 4.78 is 41.1. The van der Waals surface area contributed by atoms with Gasteiger partial charge in [0.25, 0.3) is 0 Å². The minimum Gasteiger partial charge on any atom is -0.497 e. The van der Waals surface area contributed by atoms with Gasteiger partial charge in [-0.1, -0.05) is 12.1 Å². The van der Waals surface area contributed by atoms with Gasteiger partial charge in [-0.15, -0.1) is 0 Å². The maximum absolute atomic E-state index is 12.0. The highest BCUT2D eigenvalue weighted by Crippen LogP contribution is 2.16. The van der Waals surface area contributed by atoms with Gasteiger partial charge >= 0.3 is 12.1 Å². The molecule has 6 heteroatoms. The first-order chi connectivity index (χ1) is 8.32. The fourth-order valence-corrected chi connectivity index (χ4v) is 1.51. The summed E-state index contributed by atoms with van der Waals surface area (Å²) in [5.41, 5.74) is 0.796. The number of carbonyl (C=O) groups excluding carboxylic acids is 1. The molecular formula is C12H14F3NO2. The Morgan fingerprint density at radius 3 is 2.67 bits per heavy atom. The number of amides is 1. The number of hydrogen-bond acceptors (Lipinski definition) is 2. The van der Waals surface area contributed by atoms with Crippen LogP contribution >= 0.6 is 0 Å². The highest BCUT2D eigenvalue weighted by molar-refractivity contribution is 5.81. The van der Waals surface area contributed by atoms with E-state index >= 15 is 0 Å². The number of alkyl halides is 3. The van der Waals surface area contributed by atoms with Crippen molar-refractivity contribution in [1.29, 1.82) is 0 Å². The molecule has 1 N–H and O–H groups in total. The van der Waals surface area contributed by atoms with Gasteiger partial charge in [0.05, 0.1) is 7.11 Å². The van der Waals surface area contributed by atoms with Gasteiger partial charge in [-0.2, -0.15) is 13.2 Å². The molecule has 1 amide bonds. The Hall–Kier alpha value is -1.72. The molecule has 0 bridgehead atoms. The number of carbonyl (C=O) groups is 1. The van der Waals surface area contributed by atoms with Crippen molar-refractivity contribution in [3.05, 3.63) is 29.8 Å². The molecule has 0 saturated carbocycles. The molecule has 0 saturated heterocycles. The summed E-state index contributed by atoms with van der Waals surface area (Å²) in [6.07, 6.45) is -4.54. The minimum atomic E-state index is -4.84. The maximum Gasteiger partial charge on any atom is 0.471 e. The molecule has 1 atom stereocenters. The Bertz CT molecular complexity index is 418. The van der Waals surface area contributed by atoms with Crippen molar-refractivity contribution in [2.75, 3.05) is 7.11 Å². The first-order valence-electron chi connectivity index (χ1n) is 5.33. The smallest absolute Gasteiger partial charge is 0.471 e. The monoisotopic (exact) mass is 261 g/mol. The van der Waals surface area contributed by atoms with Gasteiger partial charge in [-0.25, -0.2) is 0 Å². The van der Waals surface area contributed by atoms with Crippen molar-refractivity contribution in [3.8, 4) is 5.75 Å². The summed E-state index contributed by atoms with van der Waals surface area (Å²) >= 11 is 0. The van der Waals surface area contributed by atoms with E-state index in [-0.39, 0.29) is 0 Å². The molecule has 100 valence electrons. The maximum atomic E-state index is 12.0. The Kier molecular flexibility index (Phi) is 4.58. The molecular weight excluding hydrogens is 247 g/mol. The second-order valence-electron chi connectivity index (χ2n) is 3.93. The lowest BCUT2D eigenvalue weighted by Crippen LogP contribution is -2.42. The van der Waals surface area contributed by atoms with Crippen molar-refractivity contribution in [2.24, 2.45) is 0 Å². The molecule has 18 heavy (non-hydrogen) atoms. The quantitative estimate of drug-likeness (QED) is 0.903. The van der Waals surface area contributed by atoms with Gasteiger partial charge in [0.2, 0.25) is 0 Å². The van der Waals surface area contributed by atoms with E-state index in [9.17, 15) is 18.0 Å². The zero-order valence-corrected chi connectivity index (χ0v) is 10.0. The van der Waals surface area contributed by atoms with Gasteiger partial charge in [0, 0.05) is 6.04 Å². The van der Waals surface area contributed by atoms with Crippen molar-refractivity contribution in [2.45, 2.75) is 25.6 Å². The van der Waals surface area contributed by atoms with Crippen LogP contribution in [0.2, 0.25) is 0 Å². The SMILES string of the molecule is COc1cccc(CC(C)NC(=O)C(F)(F)F)c1. The van der Waals surface area contributed by atoms with Crippen LogP contribution in [-0.2, 0) is 11.2 Å². The van der Waals surface area contributed by atoms with Crippen LogP contribution in [0, 0.1) is 0 Å². The third-order valence-electron chi connectivity index (χ3n) is 2.31. The lowest BCUT2D eigenvalue weighted by molar-refractivity contribution is -0.174. The normalized spacial score (nSPS) is 12.9. The molecule has 0 radical (unpaired) electrons. The lowest BCUT2D eigenvalue weighted by atomic mass is 10.1. The third-order valence-corrected chi connectivity index (χ3v) is 2.31. The van der Waals surface area contributed by atoms with Gasteiger partial charge in [0.1, 0.15) is 5.75 Å². The fourth-order valence-electron chi connectivity index (χ4n) is 1.51. The van der Waals surface area contributed by atoms with E-state index in [1.54, 1.807) is 24.3 Å². The van der Waals surface area contributed by atoms with Crippen molar-refractivity contribution in [1.82, 2.24) is 5.32 Å². The molecule has 0 aliphatic heterocycles. The third kappa shape index (κ3) is 4.27. The number of ether oxygens (including phenoxy) is 1. The van der Waals surface area contributed by atoms with E-state index in [2.05, 4.69) is 0 Å². The second kappa shape index (κ2) is 5.75. The molecule has 0 aliphatic rings. The number of halogens is 3. The standard InChI is InChI=1S/C12H14F3NO2/c1-8(16-11(17)12(13,14)15)6-9-4-3-5-10(7-9)18-2/h3-5,7-8H,6H2,1-2H3,(H,16,17). The summed E-state index contributed by atoms with van der Waals surface area (Å²) in [6, 6.07) is 6.36. The molecule has 0 spiro atoms. The summed E-state index contributed by atoms with van der Waals surface area (Å²) in [5.74, 6) is -1.29. The van der Waals surface area contributed by atoms with Crippen LogP contribution in [0.15, 0.2) is 24.3 Å². The Balaban J connectivity index is 2.59. The molecule has 0 fully saturated rings. The van der Waals surface area contributed by atoms with Crippen LogP contribution in [0.5, 0.6) is 5.75 Å². The molecule has 1 unspecified atom stereocenters. The average Bonchev–Trinajstić information content (AvgIpc) is 2.27. The summed E-state index contributed by atoms with van der Waals surface area (Å²) in [4.78, 5) is 10.7. The van der Waals surface area contributed by atoms with E-state index < -0.39 is 18.1 Å². The predicted molar refractivity (Wildman–Crippen MR) is 60.4 cm³/mol. The van der Waals surface area contributed by atoms with Crippen LogP contribution in [0.1, 0.15) is 12.5 Å². The number of hydrogen-bond donors (Lipinski definition) is 1. The van der Waals surface area contributed by atoms with Crippen LogP contribution < -0.4 is 10.1 Å². The highest BCUT2D eigenvalue weighted by atomic mass is 19.4. The van der Waals surface area contributed by atoms with Crippen molar-refractivity contribution >= 4 is 5.91 Å². The summed E-state index contributed by atoms with van der Waals surface area (Å²) in [7, 11) is 1.51. The first kappa shape index (κ1) is 14.3. The molecule has 0 heterocycles. The number of rotatable bonds is 4. The Labute approximate surface area is 103 Å².